The van der Waals surface area contributed by atoms with Crippen molar-refractivity contribution in [3.8, 4) is 0 Å². The molecule has 118 valence electrons. The summed E-state index contributed by atoms with van der Waals surface area (Å²) in [6.45, 7) is 6.08. The second-order valence-electron chi connectivity index (χ2n) is 5.64. The molecule has 0 atom stereocenters. The summed E-state index contributed by atoms with van der Waals surface area (Å²) in [7, 11) is 0. The number of amides is 1. The Morgan fingerprint density at radius 3 is 2.68 bits per heavy atom. The predicted molar refractivity (Wildman–Crippen MR) is 96.8 cm³/mol. The number of halogens is 2. The summed E-state index contributed by atoms with van der Waals surface area (Å²) in [4.78, 5) is 10.9. The van der Waals surface area contributed by atoms with Crippen molar-refractivity contribution in [1.82, 2.24) is 8.10 Å². The van der Waals surface area contributed by atoms with Gasteiger partial charge in [0.1, 0.15) is 5.82 Å². The van der Waals surface area contributed by atoms with Crippen LogP contribution in [-0.2, 0) is 17.6 Å². The zero-order chi connectivity index (χ0) is 16.3. The van der Waals surface area contributed by atoms with E-state index >= 15 is 0 Å². The summed E-state index contributed by atoms with van der Waals surface area (Å²) in [5.41, 5.74) is 3.95. The number of fused-ring (bicyclic) bond motifs is 1. The highest BCUT2D eigenvalue weighted by atomic mass is 127. The van der Waals surface area contributed by atoms with Crippen LogP contribution >= 0.6 is 22.9 Å². The Labute approximate surface area is 144 Å². The summed E-state index contributed by atoms with van der Waals surface area (Å²) in [5.74, 6) is -0.221. The topological polar surface area (TPSA) is 34.0 Å². The summed E-state index contributed by atoms with van der Waals surface area (Å²) in [6, 6.07) is 3.53. The van der Waals surface area contributed by atoms with Gasteiger partial charge in [-0.2, -0.15) is 0 Å². The van der Waals surface area contributed by atoms with Gasteiger partial charge in [0.15, 0.2) is 0 Å². The molecule has 2 aromatic rings. The Bertz CT molecular complexity index is 730. The Kier molecular flexibility index (Phi) is 5.61. The first kappa shape index (κ1) is 17.0. The molecule has 0 fully saturated rings. The monoisotopic (exact) mass is 414 g/mol. The van der Waals surface area contributed by atoms with Gasteiger partial charge in [-0.05, 0) is 49.9 Å². The predicted octanol–water partition coefficient (Wildman–Crippen LogP) is 4.17. The molecule has 5 heteroatoms. The second kappa shape index (κ2) is 7.26. The van der Waals surface area contributed by atoms with Crippen molar-refractivity contribution in [1.29, 1.82) is 0 Å². The largest absolute Gasteiger partial charge is 0.356 e. The highest BCUT2D eigenvalue weighted by molar-refractivity contribution is 14.1. The number of aromatic nitrogens is 1. The number of allylic oxidation sites excluding steroid dienone is 2. The third kappa shape index (κ3) is 4.09. The number of carbonyl (C=O) groups is 1. The average molecular weight is 414 g/mol. The first-order chi connectivity index (χ1) is 10.4. The van der Waals surface area contributed by atoms with E-state index in [1.165, 1.54) is 12.5 Å². The molecule has 0 saturated heterocycles. The fourth-order valence-corrected chi connectivity index (χ4v) is 3.09. The van der Waals surface area contributed by atoms with Crippen LogP contribution in [0.4, 0.5) is 4.39 Å². The molecule has 0 aliphatic heterocycles. The van der Waals surface area contributed by atoms with Gasteiger partial charge in [-0.15, -0.1) is 0 Å². The first-order valence-electron chi connectivity index (χ1n) is 7.24. The summed E-state index contributed by atoms with van der Waals surface area (Å²) in [5, 5.41) is 3.69. The van der Waals surface area contributed by atoms with Gasteiger partial charge in [-0.3, -0.25) is 7.58 Å². The van der Waals surface area contributed by atoms with Gasteiger partial charge in [0.2, 0.25) is 5.91 Å². The van der Waals surface area contributed by atoms with E-state index < -0.39 is 0 Å². The molecule has 0 unspecified atom stereocenters. The number of hydrogen-bond donors (Lipinski definition) is 1. The van der Waals surface area contributed by atoms with Crippen LogP contribution in [0.2, 0.25) is 0 Å². The minimum Gasteiger partial charge on any atom is -0.356 e. The summed E-state index contributed by atoms with van der Waals surface area (Å²) in [6.07, 6.45) is 5.32. The molecule has 0 saturated carbocycles. The van der Waals surface area contributed by atoms with Crippen molar-refractivity contribution in [3.63, 3.8) is 0 Å². The molecule has 1 aromatic heterocycles. The number of hydrogen-bond acceptors (Lipinski definition) is 1. The quantitative estimate of drug-likeness (QED) is 0.579. The van der Waals surface area contributed by atoms with Gasteiger partial charge >= 0.3 is 0 Å². The SMILES string of the molecule is CC(=O)NCCc1cn(I)c2cc(CC=C(C)C)c(F)cc12. The number of benzene rings is 1. The van der Waals surface area contributed by atoms with Crippen LogP contribution in [-0.4, -0.2) is 15.2 Å². The smallest absolute Gasteiger partial charge is 0.216 e. The van der Waals surface area contributed by atoms with E-state index in [0.717, 1.165) is 16.5 Å². The van der Waals surface area contributed by atoms with E-state index in [0.29, 0.717) is 24.9 Å². The fraction of sp³-hybridized carbons (Fsp3) is 0.353. The lowest BCUT2D eigenvalue weighted by molar-refractivity contribution is -0.118. The lowest BCUT2D eigenvalue weighted by atomic mass is 10.0. The van der Waals surface area contributed by atoms with E-state index in [4.69, 9.17) is 0 Å². The number of nitrogens with one attached hydrogen (secondary N) is 1. The molecule has 0 bridgehead atoms. The number of carbonyl (C=O) groups excluding carboxylic acids is 1. The maximum Gasteiger partial charge on any atom is 0.216 e. The van der Waals surface area contributed by atoms with Crippen molar-refractivity contribution in [3.05, 3.63) is 46.9 Å². The Balaban J connectivity index is 2.32. The zero-order valence-electron chi connectivity index (χ0n) is 13.0. The minimum atomic E-state index is -0.173. The third-order valence-electron chi connectivity index (χ3n) is 3.51. The average Bonchev–Trinajstić information content (AvgIpc) is 2.72. The lowest BCUT2D eigenvalue weighted by Crippen LogP contribution is -2.22. The van der Waals surface area contributed by atoms with Crippen LogP contribution < -0.4 is 5.32 Å². The van der Waals surface area contributed by atoms with Gasteiger partial charge in [0.05, 0.1) is 28.4 Å². The van der Waals surface area contributed by atoms with E-state index in [1.807, 2.05) is 35.0 Å². The van der Waals surface area contributed by atoms with E-state index in [-0.39, 0.29) is 11.7 Å². The molecule has 1 N–H and O–H groups in total. The van der Waals surface area contributed by atoms with Crippen LogP contribution in [0.3, 0.4) is 0 Å². The van der Waals surface area contributed by atoms with Gasteiger partial charge in [-0.1, -0.05) is 11.6 Å². The molecule has 1 aromatic carbocycles. The maximum atomic E-state index is 14.3. The highest BCUT2D eigenvalue weighted by Gasteiger charge is 2.12. The van der Waals surface area contributed by atoms with Crippen molar-refractivity contribution in [2.75, 3.05) is 6.54 Å². The van der Waals surface area contributed by atoms with E-state index in [9.17, 15) is 9.18 Å². The van der Waals surface area contributed by atoms with Crippen LogP contribution in [0.25, 0.3) is 10.9 Å². The van der Waals surface area contributed by atoms with Gasteiger partial charge < -0.3 is 5.32 Å². The molecule has 22 heavy (non-hydrogen) atoms. The third-order valence-corrected chi connectivity index (χ3v) is 4.31. The minimum absolute atomic E-state index is 0.0478. The number of nitrogens with zero attached hydrogens (tertiary/aromatic N) is 1. The molecule has 1 heterocycles. The molecular formula is C17H20FIN2O. The molecular weight excluding hydrogens is 394 g/mol. The van der Waals surface area contributed by atoms with E-state index in [1.54, 1.807) is 6.07 Å². The number of rotatable bonds is 5. The molecule has 3 nitrogen and oxygen atoms in total. The Hall–Kier alpha value is -1.37. The normalized spacial score (nSPS) is 10.8. The summed E-state index contributed by atoms with van der Waals surface area (Å²) >= 11 is 2.21. The maximum absolute atomic E-state index is 14.3. The van der Waals surface area contributed by atoms with Crippen LogP contribution in [0.1, 0.15) is 31.9 Å². The standard InChI is InChI=1S/C17H20FIN2O/c1-11(2)4-5-13-8-17-15(9-16(13)18)14(10-21(17)19)6-7-20-12(3)22/h4,8-10H,5-7H2,1-3H3,(H,20,22). The van der Waals surface area contributed by atoms with Crippen molar-refractivity contribution in [2.45, 2.75) is 33.6 Å². The molecule has 1 amide bonds. The lowest BCUT2D eigenvalue weighted by Gasteiger charge is -2.04. The zero-order valence-corrected chi connectivity index (χ0v) is 15.2. The van der Waals surface area contributed by atoms with E-state index in [2.05, 4.69) is 28.2 Å². The molecule has 0 spiro atoms. The fourth-order valence-electron chi connectivity index (χ4n) is 2.36. The molecule has 0 aliphatic rings. The molecule has 0 radical (unpaired) electrons. The van der Waals surface area contributed by atoms with Gasteiger partial charge in [0, 0.05) is 25.1 Å². The van der Waals surface area contributed by atoms with Gasteiger partial charge in [-0.25, -0.2) is 4.39 Å². The van der Waals surface area contributed by atoms with Crippen molar-refractivity contribution in [2.24, 2.45) is 0 Å². The second-order valence-corrected chi connectivity index (χ2v) is 6.68. The Morgan fingerprint density at radius 1 is 1.32 bits per heavy atom. The van der Waals surface area contributed by atoms with Gasteiger partial charge in [0.25, 0.3) is 0 Å². The van der Waals surface area contributed by atoms with Crippen LogP contribution in [0.15, 0.2) is 30.0 Å². The van der Waals surface area contributed by atoms with Crippen LogP contribution in [0.5, 0.6) is 0 Å². The van der Waals surface area contributed by atoms with Crippen molar-refractivity contribution >= 4 is 39.7 Å². The molecule has 0 aliphatic carbocycles. The van der Waals surface area contributed by atoms with Crippen LogP contribution in [0, 0.1) is 5.82 Å². The first-order valence-corrected chi connectivity index (χ1v) is 8.21. The Morgan fingerprint density at radius 2 is 2.05 bits per heavy atom. The summed E-state index contributed by atoms with van der Waals surface area (Å²) < 4.78 is 16.3. The molecule has 2 rings (SSSR count). The highest BCUT2D eigenvalue weighted by Crippen LogP contribution is 2.27. The van der Waals surface area contributed by atoms with Crippen molar-refractivity contribution < 1.29 is 9.18 Å².